The first-order valence-corrected chi connectivity index (χ1v) is 11.7. The number of hydrogen-bond donors (Lipinski definition) is 1. The number of nitrogens with one attached hydrogen (secondary N) is 1. The zero-order valence-electron chi connectivity index (χ0n) is 19.0. The summed E-state index contributed by atoms with van der Waals surface area (Å²) >= 11 is 1.36. The molecule has 8 nitrogen and oxygen atoms in total. The molecule has 0 aliphatic heterocycles. The van der Waals surface area contributed by atoms with Crippen LogP contribution in [-0.2, 0) is 11.2 Å². The molecule has 0 atom stereocenters. The second kappa shape index (κ2) is 11.3. The highest BCUT2D eigenvalue weighted by molar-refractivity contribution is 7.99. The minimum Gasteiger partial charge on any atom is -0.493 e. The monoisotopic (exact) mass is 475 g/mol. The lowest BCUT2D eigenvalue weighted by atomic mass is 10.1. The number of carbonyl (C=O) groups excluding carboxylic acids is 1. The molecule has 2 aromatic carbocycles. The Kier molecular flexibility index (Phi) is 7.77. The van der Waals surface area contributed by atoms with Crippen molar-refractivity contribution in [1.82, 2.24) is 25.1 Å². The molecular weight excluding hydrogens is 450 g/mol. The van der Waals surface area contributed by atoms with Crippen LogP contribution in [-0.4, -0.2) is 52.2 Å². The molecule has 0 saturated carbocycles. The first kappa shape index (κ1) is 23.3. The molecule has 0 bridgehead atoms. The summed E-state index contributed by atoms with van der Waals surface area (Å²) in [6.07, 6.45) is 6.10. The summed E-state index contributed by atoms with van der Waals surface area (Å²) in [6, 6.07) is 17.6. The van der Waals surface area contributed by atoms with Crippen LogP contribution >= 0.6 is 11.8 Å². The number of methoxy groups -OCH3 is 2. The number of carbonyl (C=O) groups is 1. The number of nitrogens with zero attached hydrogens (tertiary/aromatic N) is 4. The van der Waals surface area contributed by atoms with Crippen molar-refractivity contribution in [2.45, 2.75) is 11.4 Å². The van der Waals surface area contributed by atoms with E-state index >= 15 is 0 Å². The molecule has 0 radical (unpaired) electrons. The first-order valence-electron chi connectivity index (χ1n) is 10.7. The van der Waals surface area contributed by atoms with Gasteiger partial charge in [-0.3, -0.25) is 4.79 Å². The zero-order chi connectivity index (χ0) is 23.8. The largest absolute Gasteiger partial charge is 0.493 e. The van der Waals surface area contributed by atoms with E-state index in [-0.39, 0.29) is 11.7 Å². The molecule has 0 unspecified atom stereocenters. The highest BCUT2D eigenvalue weighted by Crippen LogP contribution is 2.27. The van der Waals surface area contributed by atoms with Gasteiger partial charge in [0.1, 0.15) is 5.03 Å². The summed E-state index contributed by atoms with van der Waals surface area (Å²) in [6.45, 7) is 0.536. The molecule has 2 heterocycles. The van der Waals surface area contributed by atoms with E-state index < -0.39 is 0 Å². The van der Waals surface area contributed by atoms with Crippen molar-refractivity contribution in [2.75, 3.05) is 26.5 Å². The predicted octanol–water partition coefficient (Wildman–Crippen LogP) is 3.80. The Bertz CT molecular complexity index is 1210. The predicted molar refractivity (Wildman–Crippen MR) is 132 cm³/mol. The van der Waals surface area contributed by atoms with E-state index in [1.165, 1.54) is 11.8 Å². The number of amides is 1. The molecule has 0 spiro atoms. The number of thioether (sulfide) groups is 1. The standard InChI is InChI=1S/C25H25N5O3S/c1-32-22-9-3-18(15-23(22)33-2)11-12-27-24(31)16-34-25-10-8-21(28-29-25)19-4-6-20(7-5-19)30-14-13-26-17-30/h3-10,13-15,17H,11-12,16H2,1-2H3,(H,27,31). The van der Waals surface area contributed by atoms with Crippen LogP contribution in [0.5, 0.6) is 11.5 Å². The van der Waals surface area contributed by atoms with Crippen molar-refractivity contribution in [3.8, 4) is 28.4 Å². The smallest absolute Gasteiger partial charge is 0.230 e. The van der Waals surface area contributed by atoms with Crippen LogP contribution in [0, 0.1) is 0 Å². The van der Waals surface area contributed by atoms with Gasteiger partial charge in [0.15, 0.2) is 11.5 Å². The van der Waals surface area contributed by atoms with Crippen LogP contribution in [0.4, 0.5) is 0 Å². The normalized spacial score (nSPS) is 10.6. The number of benzene rings is 2. The Morgan fingerprint density at radius 3 is 2.50 bits per heavy atom. The minimum atomic E-state index is -0.0496. The molecule has 9 heteroatoms. The topological polar surface area (TPSA) is 91.2 Å². The van der Waals surface area contributed by atoms with Gasteiger partial charge in [-0.1, -0.05) is 30.0 Å². The van der Waals surface area contributed by atoms with E-state index in [4.69, 9.17) is 9.47 Å². The number of rotatable bonds is 10. The van der Waals surface area contributed by atoms with Gasteiger partial charge in [-0.2, -0.15) is 0 Å². The lowest BCUT2D eigenvalue weighted by Crippen LogP contribution is -2.27. The van der Waals surface area contributed by atoms with Gasteiger partial charge >= 0.3 is 0 Å². The molecular formula is C25H25N5O3S. The molecule has 174 valence electrons. The second-order valence-corrected chi connectivity index (χ2v) is 8.35. The van der Waals surface area contributed by atoms with Crippen molar-refractivity contribution < 1.29 is 14.3 Å². The van der Waals surface area contributed by atoms with Crippen LogP contribution in [0.1, 0.15) is 5.56 Å². The van der Waals surface area contributed by atoms with Crippen LogP contribution < -0.4 is 14.8 Å². The van der Waals surface area contributed by atoms with Crippen molar-refractivity contribution in [3.05, 3.63) is 78.9 Å². The summed E-state index contributed by atoms with van der Waals surface area (Å²) < 4.78 is 12.5. The lowest BCUT2D eigenvalue weighted by molar-refractivity contribution is -0.118. The van der Waals surface area contributed by atoms with Crippen LogP contribution in [0.15, 0.2) is 78.3 Å². The molecule has 4 rings (SSSR count). The summed E-state index contributed by atoms with van der Waals surface area (Å²) in [4.78, 5) is 16.3. The Labute approximate surface area is 202 Å². The second-order valence-electron chi connectivity index (χ2n) is 7.35. The Morgan fingerprint density at radius 2 is 1.82 bits per heavy atom. The van der Waals surface area contributed by atoms with Crippen LogP contribution in [0.3, 0.4) is 0 Å². The summed E-state index contributed by atoms with van der Waals surface area (Å²) in [5.41, 5.74) is 3.84. The van der Waals surface area contributed by atoms with Gasteiger partial charge in [-0.25, -0.2) is 4.98 Å². The van der Waals surface area contributed by atoms with Crippen molar-refractivity contribution in [3.63, 3.8) is 0 Å². The Hall–Kier alpha value is -3.85. The Morgan fingerprint density at radius 1 is 1.00 bits per heavy atom. The van der Waals surface area contributed by atoms with Crippen LogP contribution in [0.25, 0.3) is 16.9 Å². The molecule has 2 aromatic heterocycles. The van der Waals surface area contributed by atoms with Crippen LogP contribution in [0.2, 0.25) is 0 Å². The lowest BCUT2D eigenvalue weighted by Gasteiger charge is -2.10. The van der Waals surface area contributed by atoms with Crippen molar-refractivity contribution in [1.29, 1.82) is 0 Å². The van der Waals surface area contributed by atoms with Gasteiger partial charge in [0, 0.05) is 30.2 Å². The van der Waals surface area contributed by atoms with Crippen molar-refractivity contribution >= 4 is 17.7 Å². The molecule has 4 aromatic rings. The molecule has 1 N–H and O–H groups in total. The fourth-order valence-corrected chi connectivity index (χ4v) is 3.98. The van der Waals surface area contributed by atoms with Gasteiger partial charge in [0.2, 0.25) is 5.91 Å². The van der Waals surface area contributed by atoms with Gasteiger partial charge in [-0.05, 0) is 48.4 Å². The minimum absolute atomic E-state index is 0.0496. The first-order chi connectivity index (χ1) is 16.7. The quantitative estimate of drug-likeness (QED) is 0.349. The summed E-state index contributed by atoms with van der Waals surface area (Å²) in [5, 5.41) is 12.2. The maximum absolute atomic E-state index is 12.2. The van der Waals surface area contributed by atoms with E-state index in [0.29, 0.717) is 29.5 Å². The summed E-state index contributed by atoms with van der Waals surface area (Å²) in [5.74, 6) is 1.59. The molecule has 0 aliphatic carbocycles. The van der Waals surface area contributed by atoms with Gasteiger partial charge < -0.3 is 19.4 Å². The molecule has 34 heavy (non-hydrogen) atoms. The van der Waals surface area contributed by atoms with Gasteiger partial charge in [0.05, 0.1) is 32.0 Å². The van der Waals surface area contributed by atoms with E-state index in [1.54, 1.807) is 26.7 Å². The summed E-state index contributed by atoms with van der Waals surface area (Å²) in [7, 11) is 3.21. The van der Waals surface area contributed by atoms with Crippen molar-refractivity contribution in [2.24, 2.45) is 0 Å². The van der Waals surface area contributed by atoms with Gasteiger partial charge in [0.25, 0.3) is 0 Å². The number of ether oxygens (including phenoxy) is 2. The van der Waals surface area contributed by atoms with E-state index in [2.05, 4.69) is 20.5 Å². The highest BCUT2D eigenvalue weighted by Gasteiger charge is 2.08. The molecule has 0 saturated heterocycles. The average Bonchev–Trinajstić information content (AvgIpc) is 3.43. The average molecular weight is 476 g/mol. The third-order valence-corrected chi connectivity index (χ3v) is 6.06. The zero-order valence-corrected chi connectivity index (χ0v) is 19.8. The van der Waals surface area contributed by atoms with E-state index in [1.807, 2.05) is 65.4 Å². The fraction of sp³-hybridized carbons (Fsp3) is 0.200. The van der Waals surface area contributed by atoms with E-state index in [0.717, 1.165) is 22.5 Å². The number of imidazole rings is 1. The van der Waals surface area contributed by atoms with Gasteiger partial charge in [-0.15, -0.1) is 10.2 Å². The third kappa shape index (κ3) is 5.93. The molecule has 1 amide bonds. The fourth-order valence-electron chi connectivity index (χ4n) is 3.34. The molecule has 0 fully saturated rings. The maximum Gasteiger partial charge on any atom is 0.230 e. The Balaban J connectivity index is 1.23. The number of hydrogen-bond acceptors (Lipinski definition) is 7. The highest BCUT2D eigenvalue weighted by atomic mass is 32.2. The van der Waals surface area contributed by atoms with E-state index in [9.17, 15) is 4.79 Å². The molecule has 0 aliphatic rings. The SMILES string of the molecule is COc1ccc(CCNC(=O)CSc2ccc(-c3ccc(-n4ccnc4)cc3)nn2)cc1OC. The maximum atomic E-state index is 12.2. The third-order valence-electron chi connectivity index (χ3n) is 5.14. The number of aromatic nitrogens is 4.